The lowest BCUT2D eigenvalue weighted by atomic mass is 10.2. The molecule has 1 aromatic rings. The van der Waals surface area contributed by atoms with Gasteiger partial charge in [0.2, 0.25) is 0 Å². The number of anilines is 1. The van der Waals surface area contributed by atoms with Gasteiger partial charge in [0.15, 0.2) is 0 Å². The van der Waals surface area contributed by atoms with Gasteiger partial charge in [-0.3, -0.25) is 4.79 Å². The Labute approximate surface area is 111 Å². The number of amides is 1. The van der Waals surface area contributed by atoms with Gasteiger partial charge in [-0.25, -0.2) is 9.97 Å². The van der Waals surface area contributed by atoms with Crippen LogP contribution in [0.25, 0.3) is 0 Å². The summed E-state index contributed by atoms with van der Waals surface area (Å²) in [4.78, 5) is 19.6. The normalized spacial score (nSPS) is 16.1. The molecular formula is C12H18N4OS. The molecule has 98 valence electrons. The molecule has 0 bridgehead atoms. The lowest BCUT2D eigenvalue weighted by molar-refractivity contribution is 0.1000. The molecule has 1 saturated carbocycles. The van der Waals surface area contributed by atoms with Crippen LogP contribution in [0.2, 0.25) is 0 Å². The number of aryl methyl sites for hydroxylation is 1. The van der Waals surface area contributed by atoms with Crippen LogP contribution in [0.3, 0.4) is 0 Å². The highest BCUT2D eigenvalue weighted by atomic mass is 32.2. The molecule has 0 spiro atoms. The Morgan fingerprint density at radius 3 is 2.61 bits per heavy atom. The predicted octanol–water partition coefficient (Wildman–Crippen LogP) is 1.64. The first-order valence-corrected chi connectivity index (χ1v) is 7.17. The van der Waals surface area contributed by atoms with E-state index in [1.165, 1.54) is 25.7 Å². The van der Waals surface area contributed by atoms with E-state index in [4.69, 9.17) is 11.5 Å². The Morgan fingerprint density at radius 1 is 1.39 bits per heavy atom. The van der Waals surface area contributed by atoms with Crippen LogP contribution in [0.4, 0.5) is 5.82 Å². The van der Waals surface area contributed by atoms with Crippen LogP contribution in [-0.4, -0.2) is 21.1 Å². The van der Waals surface area contributed by atoms with Crippen molar-refractivity contribution in [3.05, 3.63) is 17.1 Å². The number of nitrogens with zero attached hydrogens (tertiary/aromatic N) is 2. The van der Waals surface area contributed by atoms with Gasteiger partial charge in [-0.15, -0.1) is 0 Å². The summed E-state index contributed by atoms with van der Waals surface area (Å²) in [5, 5.41) is 0.714. The summed E-state index contributed by atoms with van der Waals surface area (Å²) in [6.07, 6.45) is 5.19. The minimum Gasteiger partial charge on any atom is -0.383 e. The summed E-state index contributed by atoms with van der Waals surface area (Å²) in [6, 6.07) is 0. The topological polar surface area (TPSA) is 94.9 Å². The second-order valence-electron chi connectivity index (χ2n) is 4.57. The maximum atomic E-state index is 11.2. The van der Waals surface area contributed by atoms with E-state index < -0.39 is 5.91 Å². The lowest BCUT2D eigenvalue weighted by Gasteiger charge is -2.10. The highest BCUT2D eigenvalue weighted by Gasteiger charge is 2.18. The quantitative estimate of drug-likeness (QED) is 0.863. The molecule has 18 heavy (non-hydrogen) atoms. The molecule has 1 aliphatic rings. The number of nitrogen functional groups attached to an aromatic ring is 1. The first kappa shape index (κ1) is 13.1. The number of primary amides is 1. The van der Waals surface area contributed by atoms with Gasteiger partial charge in [0.1, 0.15) is 17.2 Å². The molecule has 0 atom stereocenters. The molecule has 0 saturated heterocycles. The zero-order chi connectivity index (χ0) is 13.1. The zero-order valence-corrected chi connectivity index (χ0v) is 11.3. The van der Waals surface area contributed by atoms with Crippen molar-refractivity contribution in [1.82, 2.24) is 9.97 Å². The number of aromatic nitrogens is 2. The van der Waals surface area contributed by atoms with Crippen molar-refractivity contribution in [3.63, 3.8) is 0 Å². The second-order valence-corrected chi connectivity index (χ2v) is 5.86. The van der Waals surface area contributed by atoms with Gasteiger partial charge in [0.25, 0.3) is 5.91 Å². The number of nitrogens with two attached hydrogens (primary N) is 2. The van der Waals surface area contributed by atoms with Crippen LogP contribution in [0.1, 0.15) is 47.6 Å². The maximum absolute atomic E-state index is 11.2. The van der Waals surface area contributed by atoms with Crippen LogP contribution < -0.4 is 11.5 Å². The number of carbonyl (C=O) groups excluding carboxylic acids is 1. The van der Waals surface area contributed by atoms with E-state index in [-0.39, 0.29) is 11.4 Å². The standard InChI is InChI=1S/C12H18N4OS/c1-7-10(12(14)17)11(13)16-9(15-7)6-18-8-4-2-3-5-8/h8H,2-6H2,1H3,(H2,14,17)(H2,13,15,16). The first-order valence-electron chi connectivity index (χ1n) is 6.12. The van der Waals surface area contributed by atoms with Crippen molar-refractivity contribution in [2.75, 3.05) is 5.73 Å². The molecular weight excluding hydrogens is 248 g/mol. The van der Waals surface area contributed by atoms with E-state index in [9.17, 15) is 4.79 Å². The summed E-state index contributed by atoms with van der Waals surface area (Å²) in [5.41, 5.74) is 11.8. The van der Waals surface area contributed by atoms with Crippen molar-refractivity contribution in [2.24, 2.45) is 5.73 Å². The van der Waals surface area contributed by atoms with Crippen LogP contribution >= 0.6 is 11.8 Å². The molecule has 1 aromatic heterocycles. The first-order chi connectivity index (χ1) is 8.58. The molecule has 1 fully saturated rings. The minimum atomic E-state index is -0.569. The average Bonchev–Trinajstić information content (AvgIpc) is 2.77. The number of hydrogen-bond donors (Lipinski definition) is 2. The molecule has 1 aliphatic carbocycles. The number of hydrogen-bond acceptors (Lipinski definition) is 5. The van der Waals surface area contributed by atoms with E-state index in [2.05, 4.69) is 9.97 Å². The fourth-order valence-corrected chi connectivity index (χ4v) is 3.45. The highest BCUT2D eigenvalue weighted by molar-refractivity contribution is 7.99. The molecule has 0 unspecified atom stereocenters. The summed E-state index contributed by atoms with van der Waals surface area (Å²) in [5.74, 6) is 1.05. The van der Waals surface area contributed by atoms with E-state index in [1.54, 1.807) is 6.92 Å². The van der Waals surface area contributed by atoms with Gasteiger partial charge in [-0.05, 0) is 19.8 Å². The second kappa shape index (κ2) is 5.56. The van der Waals surface area contributed by atoms with Gasteiger partial charge in [0, 0.05) is 5.25 Å². The van der Waals surface area contributed by atoms with E-state index in [1.807, 2.05) is 11.8 Å². The molecule has 1 amide bonds. The van der Waals surface area contributed by atoms with Crippen LogP contribution in [0, 0.1) is 6.92 Å². The Balaban J connectivity index is 2.07. The van der Waals surface area contributed by atoms with Crippen molar-refractivity contribution in [3.8, 4) is 0 Å². The van der Waals surface area contributed by atoms with Gasteiger partial charge in [0.05, 0.1) is 11.4 Å². The van der Waals surface area contributed by atoms with Gasteiger partial charge >= 0.3 is 0 Å². The molecule has 6 heteroatoms. The Morgan fingerprint density at radius 2 is 2.06 bits per heavy atom. The van der Waals surface area contributed by atoms with Gasteiger partial charge in [-0.2, -0.15) is 11.8 Å². The van der Waals surface area contributed by atoms with E-state index in [0.717, 1.165) is 5.75 Å². The SMILES string of the molecule is Cc1nc(CSC2CCCC2)nc(N)c1C(N)=O. The smallest absolute Gasteiger partial charge is 0.254 e. The lowest BCUT2D eigenvalue weighted by Crippen LogP contribution is -2.18. The van der Waals surface area contributed by atoms with Crippen molar-refractivity contribution in [1.29, 1.82) is 0 Å². The Hall–Kier alpha value is -1.30. The summed E-state index contributed by atoms with van der Waals surface area (Å²) in [7, 11) is 0. The van der Waals surface area contributed by atoms with Crippen molar-refractivity contribution in [2.45, 2.75) is 43.6 Å². The third-order valence-electron chi connectivity index (χ3n) is 3.16. The molecule has 2 rings (SSSR count). The molecule has 0 radical (unpaired) electrons. The Kier molecular flexibility index (Phi) is 4.06. The predicted molar refractivity (Wildman–Crippen MR) is 73.3 cm³/mol. The maximum Gasteiger partial charge on any atom is 0.254 e. The van der Waals surface area contributed by atoms with E-state index >= 15 is 0 Å². The fourth-order valence-electron chi connectivity index (χ4n) is 2.27. The van der Waals surface area contributed by atoms with Crippen molar-refractivity contribution < 1.29 is 4.79 Å². The van der Waals surface area contributed by atoms with Crippen molar-refractivity contribution >= 4 is 23.5 Å². The molecule has 1 heterocycles. The zero-order valence-electron chi connectivity index (χ0n) is 10.5. The Bertz CT molecular complexity index is 434. The number of thioether (sulfide) groups is 1. The van der Waals surface area contributed by atoms with Crippen LogP contribution in [0.5, 0.6) is 0 Å². The number of rotatable bonds is 4. The third kappa shape index (κ3) is 2.93. The van der Waals surface area contributed by atoms with E-state index in [0.29, 0.717) is 16.8 Å². The van der Waals surface area contributed by atoms with Crippen LogP contribution in [-0.2, 0) is 5.75 Å². The molecule has 5 nitrogen and oxygen atoms in total. The van der Waals surface area contributed by atoms with Gasteiger partial charge < -0.3 is 11.5 Å². The van der Waals surface area contributed by atoms with Crippen LogP contribution in [0.15, 0.2) is 0 Å². The van der Waals surface area contributed by atoms with Gasteiger partial charge in [-0.1, -0.05) is 12.8 Å². The largest absolute Gasteiger partial charge is 0.383 e. The average molecular weight is 266 g/mol. The summed E-state index contributed by atoms with van der Waals surface area (Å²) < 4.78 is 0. The number of carbonyl (C=O) groups is 1. The summed E-state index contributed by atoms with van der Waals surface area (Å²) in [6.45, 7) is 1.74. The fraction of sp³-hybridized carbons (Fsp3) is 0.583. The monoisotopic (exact) mass is 266 g/mol. The molecule has 4 N–H and O–H groups in total. The molecule has 0 aliphatic heterocycles. The third-order valence-corrected chi connectivity index (χ3v) is 4.53. The highest BCUT2D eigenvalue weighted by Crippen LogP contribution is 2.31. The minimum absolute atomic E-state index is 0.192. The summed E-state index contributed by atoms with van der Waals surface area (Å²) >= 11 is 1.87. The molecule has 0 aromatic carbocycles.